The highest BCUT2D eigenvalue weighted by Crippen LogP contribution is 2.29. The van der Waals surface area contributed by atoms with E-state index in [9.17, 15) is 9.59 Å². The van der Waals surface area contributed by atoms with Crippen LogP contribution >= 0.6 is 11.3 Å². The van der Waals surface area contributed by atoms with Gasteiger partial charge in [-0.25, -0.2) is 4.98 Å². The molecule has 1 aliphatic carbocycles. The maximum Gasteiger partial charge on any atom is 0.262 e. The Balaban J connectivity index is 1.30. The first-order valence-electron chi connectivity index (χ1n) is 11.3. The van der Waals surface area contributed by atoms with Crippen LogP contribution in [0.4, 0.5) is 5.69 Å². The number of nitrogens with zero attached hydrogens (tertiary/aromatic N) is 2. The quantitative estimate of drug-likeness (QED) is 0.424. The summed E-state index contributed by atoms with van der Waals surface area (Å²) < 4.78 is 13.3. The zero-order valence-electron chi connectivity index (χ0n) is 18.9. The summed E-state index contributed by atoms with van der Waals surface area (Å²) in [4.78, 5) is 31.9. The largest absolute Gasteiger partial charge is 0.485 e. The average Bonchev–Trinajstić information content (AvgIpc) is 3.22. The molecule has 2 heterocycles. The summed E-state index contributed by atoms with van der Waals surface area (Å²) in [6.07, 6.45) is 4.19. The molecule has 5 rings (SSSR count). The summed E-state index contributed by atoms with van der Waals surface area (Å²) in [6.45, 7) is 1.95. The molecule has 8 heteroatoms. The molecule has 2 aromatic heterocycles. The summed E-state index contributed by atoms with van der Waals surface area (Å²) in [7, 11) is 0. The van der Waals surface area contributed by atoms with Gasteiger partial charge in [0.25, 0.3) is 11.5 Å². The number of aryl methyl sites for hydroxylation is 3. The minimum atomic E-state index is -0.291. The number of nitrogens with one attached hydrogen (secondary N) is 1. The molecule has 0 fully saturated rings. The Hall–Kier alpha value is -3.65. The maximum absolute atomic E-state index is 12.8. The van der Waals surface area contributed by atoms with E-state index in [-0.39, 0.29) is 24.7 Å². The lowest BCUT2D eigenvalue weighted by molar-refractivity contribution is -0.118. The van der Waals surface area contributed by atoms with Gasteiger partial charge >= 0.3 is 0 Å². The fourth-order valence-corrected chi connectivity index (χ4v) is 5.32. The second kappa shape index (κ2) is 9.69. The molecule has 0 atom stereocenters. The number of ether oxygens (including phenoxy) is 2. The third-order valence-corrected chi connectivity index (χ3v) is 6.86. The Kier molecular flexibility index (Phi) is 6.31. The average molecular weight is 476 g/mol. The minimum Gasteiger partial charge on any atom is -0.485 e. The molecule has 1 N–H and O–H groups in total. The van der Waals surface area contributed by atoms with Crippen molar-refractivity contribution >= 4 is 27.9 Å². The van der Waals surface area contributed by atoms with Crippen LogP contribution in [-0.2, 0) is 24.2 Å². The number of benzene rings is 2. The number of thiazole rings is 1. The lowest BCUT2D eigenvalue weighted by Gasteiger charge is -2.14. The van der Waals surface area contributed by atoms with Crippen molar-refractivity contribution in [2.45, 2.75) is 39.2 Å². The van der Waals surface area contributed by atoms with Gasteiger partial charge in [-0.15, -0.1) is 11.3 Å². The number of amides is 1. The Morgan fingerprint density at radius 3 is 2.76 bits per heavy atom. The second-order valence-electron chi connectivity index (χ2n) is 8.32. The van der Waals surface area contributed by atoms with E-state index in [1.807, 2.05) is 37.3 Å². The molecule has 0 saturated heterocycles. The Bertz CT molecular complexity index is 1390. The molecule has 0 aliphatic heterocycles. The molecule has 4 aromatic rings. The van der Waals surface area contributed by atoms with Gasteiger partial charge in [0.1, 0.15) is 18.1 Å². The molecule has 0 bridgehead atoms. The monoisotopic (exact) mass is 475 g/mol. The van der Waals surface area contributed by atoms with Crippen LogP contribution in [0.15, 0.2) is 59.4 Å². The number of rotatable bonds is 7. The Morgan fingerprint density at radius 1 is 1.09 bits per heavy atom. The first kappa shape index (κ1) is 22.2. The minimum absolute atomic E-state index is 0.0708. The first-order valence-corrected chi connectivity index (χ1v) is 12.1. The van der Waals surface area contributed by atoms with Gasteiger partial charge < -0.3 is 14.8 Å². The van der Waals surface area contributed by atoms with Crippen LogP contribution in [-0.4, -0.2) is 21.9 Å². The number of hydrogen-bond acceptors (Lipinski definition) is 6. The van der Waals surface area contributed by atoms with Gasteiger partial charge in [0.05, 0.1) is 11.4 Å². The summed E-state index contributed by atoms with van der Waals surface area (Å²) in [6, 6.07) is 16.3. The molecule has 0 saturated carbocycles. The number of para-hydroxylation sites is 1. The van der Waals surface area contributed by atoms with Gasteiger partial charge in [-0.05, 0) is 62.4 Å². The van der Waals surface area contributed by atoms with Crippen molar-refractivity contribution in [3.05, 3.63) is 86.8 Å². The van der Waals surface area contributed by atoms with E-state index in [4.69, 9.17) is 9.47 Å². The van der Waals surface area contributed by atoms with Crippen molar-refractivity contribution in [2.75, 3.05) is 11.9 Å². The number of aromatic nitrogens is 2. The van der Waals surface area contributed by atoms with Crippen LogP contribution in [0.5, 0.6) is 11.5 Å². The SMILES string of the molecule is Cc1ccc(OCc2cc(=O)n3c4c(sc3n2)CCCC4)c(NC(=O)COc2ccccc2)c1. The number of carbonyl (C=O) groups is 1. The van der Waals surface area contributed by atoms with Crippen molar-refractivity contribution in [3.8, 4) is 11.5 Å². The maximum atomic E-state index is 12.8. The third-order valence-electron chi connectivity index (χ3n) is 5.71. The zero-order valence-corrected chi connectivity index (χ0v) is 19.7. The highest BCUT2D eigenvalue weighted by atomic mass is 32.1. The number of fused-ring (bicyclic) bond motifs is 3. The number of carbonyl (C=O) groups excluding carboxylic acids is 1. The summed E-state index contributed by atoms with van der Waals surface area (Å²) in [5, 5.41) is 2.86. The zero-order chi connectivity index (χ0) is 23.5. The van der Waals surface area contributed by atoms with E-state index in [0.29, 0.717) is 27.8 Å². The number of anilines is 1. The molecule has 2 aromatic carbocycles. The molecule has 1 aliphatic rings. The van der Waals surface area contributed by atoms with E-state index < -0.39 is 0 Å². The third kappa shape index (κ3) is 4.82. The molecule has 34 heavy (non-hydrogen) atoms. The number of hydrogen-bond donors (Lipinski definition) is 1. The van der Waals surface area contributed by atoms with E-state index in [1.165, 1.54) is 10.9 Å². The van der Waals surface area contributed by atoms with Crippen molar-refractivity contribution in [2.24, 2.45) is 0 Å². The predicted molar refractivity (Wildman–Crippen MR) is 132 cm³/mol. The van der Waals surface area contributed by atoms with Crippen LogP contribution < -0.4 is 20.3 Å². The molecule has 1 amide bonds. The van der Waals surface area contributed by atoms with Crippen LogP contribution in [0, 0.1) is 6.92 Å². The normalized spacial score (nSPS) is 12.9. The molecule has 0 unspecified atom stereocenters. The summed E-state index contributed by atoms with van der Waals surface area (Å²) in [5.74, 6) is 0.841. The second-order valence-corrected chi connectivity index (χ2v) is 9.38. The van der Waals surface area contributed by atoms with Gasteiger partial charge in [0.15, 0.2) is 11.6 Å². The van der Waals surface area contributed by atoms with Crippen molar-refractivity contribution in [3.63, 3.8) is 0 Å². The fourth-order valence-electron chi connectivity index (χ4n) is 4.09. The van der Waals surface area contributed by atoms with Gasteiger partial charge in [0.2, 0.25) is 0 Å². The van der Waals surface area contributed by atoms with E-state index in [1.54, 1.807) is 33.9 Å². The van der Waals surface area contributed by atoms with Gasteiger partial charge in [-0.2, -0.15) is 0 Å². The highest BCUT2D eigenvalue weighted by molar-refractivity contribution is 7.17. The van der Waals surface area contributed by atoms with Gasteiger partial charge in [0, 0.05) is 16.6 Å². The van der Waals surface area contributed by atoms with E-state index in [0.717, 1.165) is 36.9 Å². The van der Waals surface area contributed by atoms with Crippen LogP contribution in [0.2, 0.25) is 0 Å². The molecule has 0 spiro atoms. The standard InChI is InChI=1S/C26H25N3O4S/c1-17-11-12-22(20(13-17)28-24(30)16-32-19-7-3-2-4-8-19)33-15-18-14-25(31)29-21-9-5-6-10-23(21)34-26(29)27-18/h2-4,7-8,11-14H,5-6,9-10,15-16H2,1H3,(H,28,30). The molecule has 7 nitrogen and oxygen atoms in total. The smallest absolute Gasteiger partial charge is 0.262 e. The molecule has 0 radical (unpaired) electrons. The fraction of sp³-hybridized carbons (Fsp3) is 0.269. The van der Waals surface area contributed by atoms with Gasteiger partial charge in [-0.3, -0.25) is 14.0 Å². The van der Waals surface area contributed by atoms with Crippen LogP contribution in [0.1, 0.15) is 34.7 Å². The van der Waals surface area contributed by atoms with Crippen LogP contribution in [0.25, 0.3) is 4.96 Å². The lowest BCUT2D eigenvalue weighted by Crippen LogP contribution is -2.21. The van der Waals surface area contributed by atoms with Crippen molar-refractivity contribution in [1.82, 2.24) is 9.38 Å². The summed E-state index contributed by atoms with van der Waals surface area (Å²) >= 11 is 1.59. The summed E-state index contributed by atoms with van der Waals surface area (Å²) in [5.41, 5.74) is 3.13. The van der Waals surface area contributed by atoms with E-state index >= 15 is 0 Å². The molecular weight excluding hydrogens is 450 g/mol. The van der Waals surface area contributed by atoms with Crippen LogP contribution in [0.3, 0.4) is 0 Å². The van der Waals surface area contributed by atoms with Crippen molar-refractivity contribution < 1.29 is 14.3 Å². The Morgan fingerprint density at radius 2 is 1.91 bits per heavy atom. The van der Waals surface area contributed by atoms with Crippen molar-refractivity contribution in [1.29, 1.82) is 0 Å². The Labute approximate surface area is 201 Å². The highest BCUT2D eigenvalue weighted by Gasteiger charge is 2.19. The predicted octanol–water partition coefficient (Wildman–Crippen LogP) is 4.54. The molecular formula is C26H25N3O4S. The first-order chi connectivity index (χ1) is 16.6. The van der Waals surface area contributed by atoms with Gasteiger partial charge in [-0.1, -0.05) is 24.3 Å². The van der Waals surface area contributed by atoms with E-state index in [2.05, 4.69) is 10.3 Å². The molecule has 174 valence electrons. The topological polar surface area (TPSA) is 81.9 Å². The lowest BCUT2D eigenvalue weighted by atomic mass is 10.0.